The molecule has 0 aliphatic heterocycles. The molecule has 0 amide bonds. The Balaban J connectivity index is 1.67. The van der Waals surface area contributed by atoms with Gasteiger partial charge >= 0.3 is 0 Å². The van der Waals surface area contributed by atoms with Crippen LogP contribution in [0.2, 0.25) is 0 Å². The standard InChI is InChI=1S/C18H16N4/c1-11-15-9-14(5-7-18(15)22-21-11)20-17-6-4-13-3-2-12(10-19)8-16(13)17/h2-3,5,7-9,17,20H,4,6H2,1H3,(H,21,22). The Hall–Kier alpha value is -2.80. The maximum absolute atomic E-state index is 9.09. The van der Waals surface area contributed by atoms with Gasteiger partial charge in [-0.2, -0.15) is 10.4 Å². The van der Waals surface area contributed by atoms with E-state index in [1.165, 1.54) is 11.1 Å². The van der Waals surface area contributed by atoms with Crippen LogP contribution in [0.25, 0.3) is 10.9 Å². The molecule has 108 valence electrons. The normalized spacial score (nSPS) is 16.5. The van der Waals surface area contributed by atoms with E-state index in [2.05, 4.69) is 45.8 Å². The van der Waals surface area contributed by atoms with Gasteiger partial charge in [0.25, 0.3) is 0 Å². The molecule has 1 aliphatic rings. The van der Waals surface area contributed by atoms with E-state index >= 15 is 0 Å². The molecule has 2 aromatic carbocycles. The molecule has 2 N–H and O–H groups in total. The van der Waals surface area contributed by atoms with Gasteiger partial charge in [-0.15, -0.1) is 0 Å². The number of benzene rings is 2. The molecule has 1 aromatic heterocycles. The third-order valence-corrected chi connectivity index (χ3v) is 4.45. The highest BCUT2D eigenvalue weighted by Gasteiger charge is 2.22. The van der Waals surface area contributed by atoms with Gasteiger partial charge in [-0.25, -0.2) is 0 Å². The lowest BCUT2D eigenvalue weighted by molar-refractivity contribution is 0.762. The molecule has 1 unspecified atom stereocenters. The molecule has 4 rings (SSSR count). The second kappa shape index (κ2) is 4.88. The van der Waals surface area contributed by atoms with Crippen LogP contribution in [-0.2, 0) is 6.42 Å². The average molecular weight is 288 g/mol. The number of H-pyrrole nitrogens is 1. The van der Waals surface area contributed by atoms with Crippen LogP contribution in [0.4, 0.5) is 5.69 Å². The maximum Gasteiger partial charge on any atom is 0.0991 e. The van der Waals surface area contributed by atoms with Crippen molar-refractivity contribution in [1.82, 2.24) is 10.2 Å². The van der Waals surface area contributed by atoms with E-state index < -0.39 is 0 Å². The van der Waals surface area contributed by atoms with E-state index in [0.29, 0.717) is 0 Å². The SMILES string of the molecule is Cc1n[nH]c2ccc(NC3CCc4ccc(C#N)cc43)cc12. The van der Waals surface area contributed by atoms with E-state index in [0.717, 1.165) is 40.7 Å². The van der Waals surface area contributed by atoms with Crippen LogP contribution in [0.3, 0.4) is 0 Å². The van der Waals surface area contributed by atoms with Gasteiger partial charge < -0.3 is 5.32 Å². The molecular formula is C18H16N4. The van der Waals surface area contributed by atoms with Gasteiger partial charge in [0.05, 0.1) is 28.9 Å². The number of nitrogens with one attached hydrogen (secondary N) is 2. The van der Waals surface area contributed by atoms with Crippen molar-refractivity contribution in [2.24, 2.45) is 0 Å². The molecule has 0 saturated heterocycles. The third kappa shape index (κ3) is 2.03. The lowest BCUT2D eigenvalue weighted by Crippen LogP contribution is -2.07. The van der Waals surface area contributed by atoms with Gasteiger partial charge in [0.1, 0.15) is 0 Å². The zero-order valence-corrected chi connectivity index (χ0v) is 12.4. The number of hydrogen-bond acceptors (Lipinski definition) is 3. The fourth-order valence-electron chi connectivity index (χ4n) is 3.26. The highest BCUT2D eigenvalue weighted by molar-refractivity contribution is 5.84. The molecule has 0 spiro atoms. The molecule has 1 heterocycles. The monoisotopic (exact) mass is 288 g/mol. The molecule has 4 nitrogen and oxygen atoms in total. The predicted octanol–water partition coefficient (Wildman–Crippen LogP) is 3.84. The van der Waals surface area contributed by atoms with E-state index in [9.17, 15) is 0 Å². The lowest BCUT2D eigenvalue weighted by atomic mass is 10.0. The average Bonchev–Trinajstić information content (AvgIpc) is 3.11. The number of anilines is 1. The fraction of sp³-hybridized carbons (Fsp3) is 0.222. The highest BCUT2D eigenvalue weighted by atomic mass is 15.1. The summed E-state index contributed by atoms with van der Waals surface area (Å²) in [7, 11) is 0. The molecule has 4 heteroatoms. The summed E-state index contributed by atoms with van der Waals surface area (Å²) >= 11 is 0. The van der Waals surface area contributed by atoms with Crippen molar-refractivity contribution in [3.63, 3.8) is 0 Å². The van der Waals surface area contributed by atoms with Crippen molar-refractivity contribution in [2.75, 3.05) is 5.32 Å². The van der Waals surface area contributed by atoms with Crippen molar-refractivity contribution in [3.8, 4) is 6.07 Å². The predicted molar refractivity (Wildman–Crippen MR) is 86.7 cm³/mol. The number of rotatable bonds is 2. The molecule has 0 fully saturated rings. The first-order valence-electron chi connectivity index (χ1n) is 7.49. The topological polar surface area (TPSA) is 64.5 Å². The summed E-state index contributed by atoms with van der Waals surface area (Å²) in [6.45, 7) is 2.01. The van der Waals surface area contributed by atoms with Gasteiger partial charge in [-0.05, 0) is 61.2 Å². The molecule has 1 aliphatic carbocycles. The van der Waals surface area contributed by atoms with E-state index in [1.807, 2.05) is 19.1 Å². The van der Waals surface area contributed by atoms with Gasteiger partial charge in [-0.1, -0.05) is 6.07 Å². The van der Waals surface area contributed by atoms with Crippen LogP contribution in [0.15, 0.2) is 36.4 Å². The van der Waals surface area contributed by atoms with Crippen LogP contribution in [0, 0.1) is 18.3 Å². The Kier molecular flexibility index (Phi) is 2.87. The minimum Gasteiger partial charge on any atom is -0.378 e. The Morgan fingerprint density at radius 3 is 3.05 bits per heavy atom. The van der Waals surface area contributed by atoms with Gasteiger partial charge in [-0.3, -0.25) is 5.10 Å². The molecule has 22 heavy (non-hydrogen) atoms. The van der Waals surface area contributed by atoms with E-state index in [-0.39, 0.29) is 6.04 Å². The summed E-state index contributed by atoms with van der Waals surface area (Å²) in [5.41, 5.74) is 6.49. The molecule has 0 radical (unpaired) electrons. The van der Waals surface area contributed by atoms with Crippen molar-refractivity contribution < 1.29 is 0 Å². The summed E-state index contributed by atoms with van der Waals surface area (Å²) in [6, 6.07) is 14.8. The molecule has 0 saturated carbocycles. The van der Waals surface area contributed by atoms with Crippen molar-refractivity contribution in [3.05, 3.63) is 58.8 Å². The van der Waals surface area contributed by atoms with E-state index in [1.54, 1.807) is 0 Å². The number of nitriles is 1. The molecular weight excluding hydrogens is 272 g/mol. The number of aromatic nitrogens is 2. The zero-order chi connectivity index (χ0) is 15.1. The first kappa shape index (κ1) is 12.9. The van der Waals surface area contributed by atoms with Crippen molar-refractivity contribution in [2.45, 2.75) is 25.8 Å². The Bertz CT molecular complexity index is 901. The second-order valence-corrected chi connectivity index (χ2v) is 5.83. The second-order valence-electron chi connectivity index (χ2n) is 5.83. The highest BCUT2D eigenvalue weighted by Crippen LogP contribution is 2.35. The Morgan fingerprint density at radius 1 is 1.27 bits per heavy atom. The summed E-state index contributed by atoms with van der Waals surface area (Å²) in [4.78, 5) is 0. The molecule has 3 aromatic rings. The zero-order valence-electron chi connectivity index (χ0n) is 12.4. The summed E-state index contributed by atoms with van der Waals surface area (Å²) in [5, 5.41) is 21.1. The van der Waals surface area contributed by atoms with Crippen LogP contribution in [0.5, 0.6) is 0 Å². The first-order valence-corrected chi connectivity index (χ1v) is 7.49. The Labute approximate surface area is 128 Å². The molecule has 0 bridgehead atoms. The number of fused-ring (bicyclic) bond motifs is 2. The molecule has 1 atom stereocenters. The first-order chi connectivity index (χ1) is 10.7. The van der Waals surface area contributed by atoms with Crippen molar-refractivity contribution >= 4 is 16.6 Å². The summed E-state index contributed by atoms with van der Waals surface area (Å²) in [5.74, 6) is 0. The fourth-order valence-corrected chi connectivity index (χ4v) is 3.26. The number of hydrogen-bond donors (Lipinski definition) is 2. The smallest absolute Gasteiger partial charge is 0.0991 e. The largest absolute Gasteiger partial charge is 0.378 e. The third-order valence-electron chi connectivity index (χ3n) is 4.45. The van der Waals surface area contributed by atoms with Gasteiger partial charge in [0.15, 0.2) is 0 Å². The summed E-state index contributed by atoms with van der Waals surface area (Å²) in [6.07, 6.45) is 2.12. The summed E-state index contributed by atoms with van der Waals surface area (Å²) < 4.78 is 0. The Morgan fingerprint density at radius 2 is 2.18 bits per heavy atom. The van der Waals surface area contributed by atoms with Crippen LogP contribution in [-0.4, -0.2) is 10.2 Å². The van der Waals surface area contributed by atoms with Crippen molar-refractivity contribution in [1.29, 1.82) is 5.26 Å². The van der Waals surface area contributed by atoms with Gasteiger partial charge in [0, 0.05) is 11.1 Å². The van der Waals surface area contributed by atoms with E-state index in [4.69, 9.17) is 5.26 Å². The maximum atomic E-state index is 9.09. The lowest BCUT2D eigenvalue weighted by Gasteiger charge is -2.16. The number of aryl methyl sites for hydroxylation is 2. The minimum absolute atomic E-state index is 0.271. The minimum atomic E-state index is 0.271. The van der Waals surface area contributed by atoms with Crippen LogP contribution >= 0.6 is 0 Å². The van der Waals surface area contributed by atoms with Gasteiger partial charge in [0.2, 0.25) is 0 Å². The quantitative estimate of drug-likeness (QED) is 0.753. The number of aromatic amines is 1. The van der Waals surface area contributed by atoms with Crippen LogP contribution in [0.1, 0.15) is 34.8 Å². The number of nitrogens with zero attached hydrogens (tertiary/aromatic N) is 2. The van der Waals surface area contributed by atoms with Crippen LogP contribution < -0.4 is 5.32 Å².